The van der Waals surface area contributed by atoms with Crippen LogP contribution in [0, 0.1) is 0 Å². The maximum absolute atomic E-state index is 13.4. The van der Waals surface area contributed by atoms with Crippen LogP contribution in [0.3, 0.4) is 0 Å². The summed E-state index contributed by atoms with van der Waals surface area (Å²) in [5.74, 6) is 1.75. The van der Waals surface area contributed by atoms with E-state index in [-0.39, 0.29) is 11.8 Å². The second kappa shape index (κ2) is 8.48. The summed E-state index contributed by atoms with van der Waals surface area (Å²) < 4.78 is 6.12. The fourth-order valence-corrected chi connectivity index (χ4v) is 3.73. The number of nitrogens with one attached hydrogen (secondary N) is 1. The fraction of sp³-hybridized carbons (Fsp3) is 0.273. The summed E-state index contributed by atoms with van der Waals surface area (Å²) in [6, 6.07) is 16.7. The number of amides is 1. The van der Waals surface area contributed by atoms with Crippen LogP contribution in [0.1, 0.15) is 36.3 Å². The second-order valence-corrected chi connectivity index (χ2v) is 7.40. The quantitative estimate of drug-likeness (QED) is 0.687. The van der Waals surface area contributed by atoms with E-state index in [1.807, 2.05) is 41.4 Å². The molecule has 1 amide bonds. The molecule has 4 rings (SSSR count). The van der Waals surface area contributed by atoms with E-state index in [2.05, 4.69) is 9.97 Å². The van der Waals surface area contributed by atoms with Gasteiger partial charge in [-0.1, -0.05) is 41.9 Å². The predicted molar refractivity (Wildman–Crippen MR) is 108 cm³/mol. The van der Waals surface area contributed by atoms with Crippen molar-refractivity contribution >= 4 is 17.5 Å². The molecule has 1 fully saturated rings. The van der Waals surface area contributed by atoms with E-state index in [0.29, 0.717) is 17.3 Å². The number of imidazole rings is 1. The number of likely N-dealkylation sites (tertiary alicyclic amines) is 1. The number of hydrogen-bond acceptors (Lipinski definition) is 3. The van der Waals surface area contributed by atoms with Crippen molar-refractivity contribution in [1.82, 2.24) is 14.9 Å². The molecule has 5 nitrogen and oxygen atoms in total. The van der Waals surface area contributed by atoms with Crippen molar-refractivity contribution in [1.29, 1.82) is 0 Å². The molecule has 0 radical (unpaired) electrons. The normalized spacial score (nSPS) is 17.9. The zero-order chi connectivity index (χ0) is 19.3. The van der Waals surface area contributed by atoms with Crippen molar-refractivity contribution < 1.29 is 9.53 Å². The summed E-state index contributed by atoms with van der Waals surface area (Å²) in [6.07, 6.45) is 4.85. The Hall–Kier alpha value is -2.79. The average molecular weight is 396 g/mol. The van der Waals surface area contributed by atoms with Crippen molar-refractivity contribution in [2.75, 3.05) is 13.1 Å². The van der Waals surface area contributed by atoms with Gasteiger partial charge < -0.3 is 14.6 Å². The number of piperidine rings is 1. The summed E-state index contributed by atoms with van der Waals surface area (Å²) in [5, 5.41) is 0.632. The lowest BCUT2D eigenvalue weighted by Gasteiger charge is -2.34. The van der Waals surface area contributed by atoms with E-state index >= 15 is 0 Å². The molecule has 2 atom stereocenters. The largest absolute Gasteiger partial charge is 0.476 e. The van der Waals surface area contributed by atoms with Crippen LogP contribution in [0.2, 0.25) is 5.02 Å². The molecule has 2 unspecified atom stereocenters. The van der Waals surface area contributed by atoms with Crippen molar-refractivity contribution in [2.45, 2.75) is 24.9 Å². The van der Waals surface area contributed by atoms with Crippen molar-refractivity contribution in [3.05, 3.63) is 83.4 Å². The monoisotopic (exact) mass is 395 g/mol. The minimum atomic E-state index is -0.697. The lowest BCUT2D eigenvalue weighted by molar-refractivity contribution is -0.140. The van der Waals surface area contributed by atoms with Gasteiger partial charge in [-0.2, -0.15) is 0 Å². The first-order chi connectivity index (χ1) is 13.7. The van der Waals surface area contributed by atoms with Crippen molar-refractivity contribution in [3.63, 3.8) is 0 Å². The van der Waals surface area contributed by atoms with Gasteiger partial charge in [-0.15, -0.1) is 0 Å². The Balaban J connectivity index is 1.56. The van der Waals surface area contributed by atoms with E-state index in [1.54, 1.807) is 30.5 Å². The van der Waals surface area contributed by atoms with Gasteiger partial charge >= 0.3 is 0 Å². The molecule has 1 aliphatic rings. The number of carbonyl (C=O) groups excluding carboxylic acids is 1. The standard InChI is InChI=1S/C22H22ClN3O2/c23-18-8-10-19(11-9-18)28-20(16-5-2-1-3-6-16)22(27)26-14-4-7-17(15-26)21-24-12-13-25-21/h1-3,5-6,8-13,17,20H,4,7,14-15H2,(H,24,25). The van der Waals surface area contributed by atoms with Gasteiger partial charge in [0.05, 0.1) is 0 Å². The van der Waals surface area contributed by atoms with Crippen LogP contribution in [0.25, 0.3) is 0 Å². The molecular formula is C22H22ClN3O2. The molecular weight excluding hydrogens is 374 g/mol. The SMILES string of the molecule is O=C(C(Oc1ccc(Cl)cc1)c1ccccc1)N1CCCC(c2ncc[nH]2)C1. The van der Waals surface area contributed by atoms with Crippen LogP contribution >= 0.6 is 11.6 Å². The molecule has 2 aromatic carbocycles. The Morgan fingerprint density at radius 1 is 1.18 bits per heavy atom. The number of aromatic nitrogens is 2. The van der Waals surface area contributed by atoms with E-state index < -0.39 is 6.10 Å². The van der Waals surface area contributed by atoms with E-state index in [0.717, 1.165) is 30.8 Å². The molecule has 1 saturated heterocycles. The zero-order valence-corrected chi connectivity index (χ0v) is 16.2. The highest BCUT2D eigenvalue weighted by molar-refractivity contribution is 6.30. The van der Waals surface area contributed by atoms with Gasteiger partial charge in [0.2, 0.25) is 6.10 Å². The second-order valence-electron chi connectivity index (χ2n) is 6.96. The molecule has 0 saturated carbocycles. The summed E-state index contributed by atoms with van der Waals surface area (Å²) in [4.78, 5) is 22.9. The number of rotatable bonds is 5. The molecule has 0 bridgehead atoms. The Labute approximate surface area is 169 Å². The van der Waals surface area contributed by atoms with Crippen LogP contribution in [-0.2, 0) is 4.79 Å². The third-order valence-electron chi connectivity index (χ3n) is 5.03. The first kappa shape index (κ1) is 18.6. The van der Waals surface area contributed by atoms with Crippen LogP contribution in [-0.4, -0.2) is 33.9 Å². The van der Waals surface area contributed by atoms with E-state index in [4.69, 9.17) is 16.3 Å². The number of H-pyrrole nitrogens is 1. The first-order valence-electron chi connectivity index (χ1n) is 9.46. The molecule has 1 aliphatic heterocycles. The third-order valence-corrected chi connectivity index (χ3v) is 5.29. The third kappa shape index (κ3) is 4.20. The number of nitrogens with zero attached hydrogens (tertiary/aromatic N) is 2. The van der Waals surface area contributed by atoms with Gasteiger partial charge in [-0.05, 0) is 37.1 Å². The number of ether oxygens (including phenoxy) is 1. The molecule has 1 N–H and O–H groups in total. The highest BCUT2D eigenvalue weighted by atomic mass is 35.5. The number of benzene rings is 2. The van der Waals surface area contributed by atoms with Crippen LogP contribution in [0.5, 0.6) is 5.75 Å². The highest BCUT2D eigenvalue weighted by Gasteiger charge is 2.32. The average Bonchev–Trinajstić information content (AvgIpc) is 3.29. The maximum Gasteiger partial charge on any atom is 0.268 e. The first-order valence-corrected chi connectivity index (χ1v) is 9.84. The summed E-state index contributed by atoms with van der Waals surface area (Å²) in [5.41, 5.74) is 0.836. The molecule has 6 heteroatoms. The van der Waals surface area contributed by atoms with Crippen LogP contribution < -0.4 is 4.74 Å². The van der Waals surface area contributed by atoms with Crippen molar-refractivity contribution in [3.8, 4) is 5.75 Å². The van der Waals surface area contributed by atoms with E-state index in [9.17, 15) is 4.79 Å². The molecule has 2 heterocycles. The summed E-state index contributed by atoms with van der Waals surface area (Å²) in [7, 11) is 0. The van der Waals surface area contributed by atoms with Gasteiger partial charge in [0.15, 0.2) is 0 Å². The fourth-order valence-electron chi connectivity index (χ4n) is 3.61. The summed E-state index contributed by atoms with van der Waals surface area (Å²) in [6.45, 7) is 1.36. The number of hydrogen-bond donors (Lipinski definition) is 1. The van der Waals surface area contributed by atoms with Gasteiger partial charge in [0.1, 0.15) is 11.6 Å². The van der Waals surface area contributed by atoms with Crippen molar-refractivity contribution in [2.24, 2.45) is 0 Å². The smallest absolute Gasteiger partial charge is 0.268 e. The molecule has 144 valence electrons. The van der Waals surface area contributed by atoms with Crippen LogP contribution in [0.4, 0.5) is 0 Å². The van der Waals surface area contributed by atoms with Gasteiger partial charge in [0.25, 0.3) is 5.91 Å². The lowest BCUT2D eigenvalue weighted by atomic mass is 9.96. The summed E-state index contributed by atoms with van der Waals surface area (Å²) >= 11 is 5.97. The Kier molecular flexibility index (Phi) is 5.63. The van der Waals surface area contributed by atoms with E-state index in [1.165, 1.54) is 0 Å². The minimum absolute atomic E-state index is 0.0302. The van der Waals surface area contributed by atoms with Gasteiger partial charge in [0, 0.05) is 42.0 Å². The Morgan fingerprint density at radius 2 is 1.96 bits per heavy atom. The van der Waals surface area contributed by atoms with Crippen LogP contribution in [0.15, 0.2) is 67.0 Å². The molecule has 0 aliphatic carbocycles. The lowest BCUT2D eigenvalue weighted by Crippen LogP contribution is -2.43. The zero-order valence-electron chi connectivity index (χ0n) is 15.4. The number of carbonyl (C=O) groups is 1. The Bertz CT molecular complexity index is 897. The number of halogens is 1. The topological polar surface area (TPSA) is 58.2 Å². The maximum atomic E-state index is 13.4. The highest BCUT2D eigenvalue weighted by Crippen LogP contribution is 2.29. The minimum Gasteiger partial charge on any atom is -0.476 e. The van der Waals surface area contributed by atoms with Gasteiger partial charge in [-0.25, -0.2) is 4.98 Å². The molecule has 0 spiro atoms. The molecule has 3 aromatic rings. The predicted octanol–water partition coefficient (Wildman–Crippen LogP) is 4.59. The molecule has 28 heavy (non-hydrogen) atoms. The molecule has 1 aromatic heterocycles. The Morgan fingerprint density at radius 3 is 2.68 bits per heavy atom. The number of aromatic amines is 1. The van der Waals surface area contributed by atoms with Gasteiger partial charge in [-0.3, -0.25) is 4.79 Å².